The van der Waals surface area contributed by atoms with Crippen molar-refractivity contribution in [3.63, 3.8) is 0 Å². The molecule has 1 aromatic rings. The van der Waals surface area contributed by atoms with Crippen molar-refractivity contribution < 1.29 is 27.4 Å². The van der Waals surface area contributed by atoms with Gasteiger partial charge in [-0.05, 0) is 25.1 Å². The lowest BCUT2D eigenvalue weighted by Gasteiger charge is -2.20. The Morgan fingerprint density at radius 3 is 2.73 bits per heavy atom. The molecule has 1 aliphatic rings. The molecule has 120 valence electrons. The van der Waals surface area contributed by atoms with Gasteiger partial charge in [-0.3, -0.25) is 4.79 Å². The van der Waals surface area contributed by atoms with E-state index in [1.165, 1.54) is 25.3 Å². The summed E-state index contributed by atoms with van der Waals surface area (Å²) in [6, 6.07) is 4.17. The van der Waals surface area contributed by atoms with E-state index in [9.17, 15) is 18.0 Å². The summed E-state index contributed by atoms with van der Waals surface area (Å²) in [6.07, 6.45) is -3.92. The molecule has 1 aromatic carbocycles. The van der Waals surface area contributed by atoms with Crippen LogP contribution in [0.15, 0.2) is 23.3 Å². The number of carbonyl (C=O) groups is 1. The maximum atomic E-state index is 13.0. The lowest BCUT2D eigenvalue weighted by molar-refractivity contribution is -0.187. The Morgan fingerprint density at radius 2 is 2.14 bits per heavy atom. The molecule has 1 heterocycles. The summed E-state index contributed by atoms with van der Waals surface area (Å²) < 4.78 is 47.5. The van der Waals surface area contributed by atoms with E-state index >= 15 is 0 Å². The predicted molar refractivity (Wildman–Crippen MR) is 76.7 cm³/mol. The quantitative estimate of drug-likeness (QED) is 0.898. The molecule has 0 spiro atoms. The summed E-state index contributed by atoms with van der Waals surface area (Å²) in [6.45, 7) is -0.152. The number of hydrogen-bond acceptors (Lipinski definition) is 5. The number of amides is 1. The maximum Gasteiger partial charge on any atom is 0.427 e. The van der Waals surface area contributed by atoms with Crippen LogP contribution in [0, 0.1) is 0 Å². The first-order valence-electron chi connectivity index (χ1n) is 6.21. The third-order valence-corrected chi connectivity index (χ3v) is 3.69. The van der Waals surface area contributed by atoms with E-state index in [0.717, 1.165) is 11.8 Å². The fraction of sp³-hybridized carbons (Fsp3) is 0.385. The minimum absolute atomic E-state index is 0.0161. The lowest BCUT2D eigenvalue weighted by atomic mass is 10.1. The minimum atomic E-state index is -3.92. The number of thioether (sulfide) groups is 1. The monoisotopic (exact) mass is 334 g/mol. The summed E-state index contributed by atoms with van der Waals surface area (Å²) in [4.78, 5) is 11.2. The maximum absolute atomic E-state index is 13.0. The first-order chi connectivity index (χ1) is 10.4. The number of benzene rings is 1. The van der Waals surface area contributed by atoms with Crippen LogP contribution in [0.3, 0.4) is 0 Å². The largest absolute Gasteiger partial charge is 0.493 e. The van der Waals surface area contributed by atoms with E-state index in [1.807, 2.05) is 0 Å². The molecule has 0 radical (unpaired) electrons. The SMILES string of the molecule is COc1cc(C2=NNC(=O)SC2C)ccc1OC(F)(F)CF. The van der Waals surface area contributed by atoms with Crippen molar-refractivity contribution in [2.45, 2.75) is 18.3 Å². The van der Waals surface area contributed by atoms with Crippen LogP contribution >= 0.6 is 11.8 Å². The molecule has 0 bridgehead atoms. The smallest absolute Gasteiger partial charge is 0.427 e. The summed E-state index contributed by atoms with van der Waals surface area (Å²) in [5.74, 6) is -0.267. The Labute approximate surface area is 128 Å². The van der Waals surface area contributed by atoms with Gasteiger partial charge in [0.15, 0.2) is 18.2 Å². The van der Waals surface area contributed by atoms with Crippen LogP contribution in [-0.2, 0) is 0 Å². The van der Waals surface area contributed by atoms with E-state index in [1.54, 1.807) is 6.92 Å². The molecule has 0 aromatic heterocycles. The van der Waals surface area contributed by atoms with Crippen LogP contribution in [0.2, 0.25) is 0 Å². The predicted octanol–water partition coefficient (Wildman–Crippen LogP) is 3.19. The molecule has 1 unspecified atom stereocenters. The van der Waals surface area contributed by atoms with Crippen molar-refractivity contribution in [1.82, 2.24) is 5.43 Å². The summed E-state index contributed by atoms with van der Waals surface area (Å²) in [5.41, 5.74) is 3.47. The number of hydrazone groups is 1. The fourth-order valence-electron chi connectivity index (χ4n) is 1.84. The lowest BCUT2D eigenvalue weighted by Crippen LogP contribution is -2.30. The zero-order valence-corrected chi connectivity index (χ0v) is 12.5. The van der Waals surface area contributed by atoms with Gasteiger partial charge in [0.05, 0.1) is 18.1 Å². The molecule has 2 rings (SSSR count). The third-order valence-electron chi connectivity index (χ3n) is 2.81. The van der Waals surface area contributed by atoms with Gasteiger partial charge in [0.1, 0.15) is 0 Å². The van der Waals surface area contributed by atoms with Crippen molar-refractivity contribution in [3.8, 4) is 11.5 Å². The van der Waals surface area contributed by atoms with Gasteiger partial charge < -0.3 is 9.47 Å². The zero-order valence-electron chi connectivity index (χ0n) is 11.7. The van der Waals surface area contributed by atoms with Crippen molar-refractivity contribution in [3.05, 3.63) is 23.8 Å². The molecule has 0 fully saturated rings. The van der Waals surface area contributed by atoms with E-state index < -0.39 is 12.8 Å². The van der Waals surface area contributed by atoms with E-state index in [2.05, 4.69) is 15.3 Å². The Hall–Kier alpha value is -1.90. The Bertz CT molecular complexity index is 610. The van der Waals surface area contributed by atoms with Crippen molar-refractivity contribution in [2.75, 3.05) is 13.8 Å². The molecule has 1 aliphatic heterocycles. The Kier molecular flexibility index (Phi) is 4.84. The van der Waals surface area contributed by atoms with Crippen LogP contribution in [-0.4, -0.2) is 36.1 Å². The number of rotatable bonds is 5. The second-order valence-electron chi connectivity index (χ2n) is 4.40. The van der Waals surface area contributed by atoms with Crippen molar-refractivity contribution in [1.29, 1.82) is 0 Å². The number of methoxy groups -OCH3 is 1. The second kappa shape index (κ2) is 6.47. The number of ether oxygens (including phenoxy) is 2. The number of alkyl halides is 3. The molecule has 1 N–H and O–H groups in total. The summed E-state index contributed by atoms with van der Waals surface area (Å²) in [5, 5.41) is 3.47. The van der Waals surface area contributed by atoms with Gasteiger partial charge in [-0.15, -0.1) is 0 Å². The third kappa shape index (κ3) is 3.65. The first-order valence-corrected chi connectivity index (χ1v) is 7.09. The number of halogens is 3. The first kappa shape index (κ1) is 16.5. The van der Waals surface area contributed by atoms with Gasteiger partial charge in [-0.25, -0.2) is 9.82 Å². The van der Waals surface area contributed by atoms with Gasteiger partial charge in [-0.1, -0.05) is 11.8 Å². The Morgan fingerprint density at radius 1 is 1.41 bits per heavy atom. The number of nitrogens with one attached hydrogen (secondary N) is 1. The molecular weight excluding hydrogens is 321 g/mol. The van der Waals surface area contributed by atoms with E-state index in [4.69, 9.17) is 4.74 Å². The molecule has 22 heavy (non-hydrogen) atoms. The summed E-state index contributed by atoms with van der Waals surface area (Å²) >= 11 is 1.05. The highest BCUT2D eigenvalue weighted by atomic mass is 32.2. The van der Waals surface area contributed by atoms with E-state index in [0.29, 0.717) is 11.3 Å². The molecule has 1 amide bonds. The van der Waals surface area contributed by atoms with Gasteiger partial charge >= 0.3 is 6.11 Å². The average Bonchev–Trinajstić information content (AvgIpc) is 2.47. The topological polar surface area (TPSA) is 59.9 Å². The van der Waals surface area contributed by atoms with Gasteiger partial charge in [-0.2, -0.15) is 13.9 Å². The van der Waals surface area contributed by atoms with Crippen molar-refractivity contribution >= 4 is 22.7 Å². The summed E-state index contributed by atoms with van der Waals surface area (Å²) in [7, 11) is 1.28. The molecule has 5 nitrogen and oxygen atoms in total. The van der Waals surface area contributed by atoms with Gasteiger partial charge in [0, 0.05) is 5.56 Å². The van der Waals surface area contributed by atoms with Crippen LogP contribution in [0.4, 0.5) is 18.0 Å². The van der Waals surface area contributed by atoms with Crippen molar-refractivity contribution in [2.24, 2.45) is 5.10 Å². The standard InChI is InChI=1S/C13H13F3N2O3S/c1-7-11(17-18-12(19)22-7)8-3-4-9(10(5-8)20-2)21-13(15,16)6-14/h3-5,7H,6H2,1-2H3,(H,18,19). The number of hydrogen-bond donors (Lipinski definition) is 1. The normalized spacial score (nSPS) is 18.5. The Balaban J connectivity index is 2.31. The average molecular weight is 334 g/mol. The van der Waals surface area contributed by atoms with E-state index in [-0.39, 0.29) is 22.0 Å². The fourth-order valence-corrected chi connectivity index (χ4v) is 2.56. The molecule has 9 heteroatoms. The minimum Gasteiger partial charge on any atom is -0.493 e. The zero-order chi connectivity index (χ0) is 16.3. The highest BCUT2D eigenvalue weighted by Gasteiger charge is 2.33. The molecule has 0 saturated heterocycles. The molecular formula is C13H13F3N2O3S. The number of nitrogens with zero attached hydrogens (tertiary/aromatic N) is 1. The number of carbonyl (C=O) groups excluding carboxylic acids is 1. The molecule has 0 aliphatic carbocycles. The van der Waals surface area contributed by atoms with Crippen LogP contribution < -0.4 is 14.9 Å². The van der Waals surface area contributed by atoms with Crippen LogP contribution in [0.5, 0.6) is 11.5 Å². The second-order valence-corrected chi connectivity index (χ2v) is 5.71. The van der Waals surface area contributed by atoms with Crippen LogP contribution in [0.25, 0.3) is 0 Å². The highest BCUT2D eigenvalue weighted by molar-refractivity contribution is 8.14. The van der Waals surface area contributed by atoms with Gasteiger partial charge in [0.25, 0.3) is 5.24 Å². The highest BCUT2D eigenvalue weighted by Crippen LogP contribution is 2.34. The van der Waals surface area contributed by atoms with Crippen LogP contribution in [0.1, 0.15) is 12.5 Å². The molecule has 1 atom stereocenters. The van der Waals surface area contributed by atoms with Gasteiger partial charge in [0.2, 0.25) is 0 Å². The molecule has 0 saturated carbocycles.